The van der Waals surface area contributed by atoms with Crippen molar-refractivity contribution < 1.29 is 17.9 Å². The third-order valence-electron chi connectivity index (χ3n) is 3.16. The van der Waals surface area contributed by atoms with Gasteiger partial charge < -0.3 is 10.1 Å². The molecular weight excluding hydrogens is 257 g/mol. The molecule has 1 rings (SSSR count). The molecule has 6 heteroatoms. The summed E-state index contributed by atoms with van der Waals surface area (Å²) in [7, 11) is 0. The molecule has 0 saturated carbocycles. The number of likely N-dealkylation sites (tertiary alicyclic amines) is 1. The van der Waals surface area contributed by atoms with E-state index in [1.165, 1.54) is 0 Å². The fraction of sp³-hybridized carbons (Fsp3) is 1.00. The van der Waals surface area contributed by atoms with E-state index in [0.717, 1.165) is 25.9 Å². The molecule has 0 aromatic carbocycles. The van der Waals surface area contributed by atoms with Crippen molar-refractivity contribution in [3.8, 4) is 0 Å². The van der Waals surface area contributed by atoms with Gasteiger partial charge in [0.05, 0.1) is 6.61 Å². The van der Waals surface area contributed by atoms with Crippen LogP contribution in [-0.2, 0) is 4.74 Å². The van der Waals surface area contributed by atoms with E-state index in [2.05, 4.69) is 35.7 Å². The molecule has 3 nitrogen and oxygen atoms in total. The molecule has 0 amide bonds. The van der Waals surface area contributed by atoms with Crippen molar-refractivity contribution in [2.24, 2.45) is 0 Å². The summed E-state index contributed by atoms with van der Waals surface area (Å²) in [6.07, 6.45) is -2.02. The van der Waals surface area contributed by atoms with E-state index in [4.69, 9.17) is 0 Å². The highest BCUT2D eigenvalue weighted by Crippen LogP contribution is 2.18. The number of rotatable bonds is 6. The quantitative estimate of drug-likeness (QED) is 0.757. The third kappa shape index (κ3) is 7.74. The SMILES string of the molecule is CC(C)(C)NCC1CCCN1CCOCC(F)(F)F. The van der Waals surface area contributed by atoms with Crippen molar-refractivity contribution in [2.45, 2.75) is 51.4 Å². The summed E-state index contributed by atoms with van der Waals surface area (Å²) in [6, 6.07) is 0.411. The smallest absolute Gasteiger partial charge is 0.371 e. The highest BCUT2D eigenvalue weighted by Gasteiger charge is 2.28. The van der Waals surface area contributed by atoms with E-state index in [9.17, 15) is 13.2 Å². The van der Waals surface area contributed by atoms with Gasteiger partial charge in [0.1, 0.15) is 6.61 Å². The number of nitrogens with one attached hydrogen (secondary N) is 1. The molecule has 1 aliphatic rings. The molecule has 0 aromatic heterocycles. The zero-order valence-electron chi connectivity index (χ0n) is 12.0. The number of nitrogens with zero attached hydrogens (tertiary/aromatic N) is 1. The zero-order chi connectivity index (χ0) is 14.5. The minimum atomic E-state index is -4.22. The lowest BCUT2D eigenvalue weighted by atomic mass is 10.1. The van der Waals surface area contributed by atoms with Crippen molar-refractivity contribution in [1.82, 2.24) is 10.2 Å². The van der Waals surface area contributed by atoms with Crippen LogP contribution in [0.1, 0.15) is 33.6 Å². The van der Waals surface area contributed by atoms with E-state index in [0.29, 0.717) is 12.6 Å². The van der Waals surface area contributed by atoms with Crippen LogP contribution in [0.15, 0.2) is 0 Å². The van der Waals surface area contributed by atoms with E-state index >= 15 is 0 Å². The van der Waals surface area contributed by atoms with Gasteiger partial charge in [-0.2, -0.15) is 13.2 Å². The Bertz CT molecular complexity index is 264. The van der Waals surface area contributed by atoms with Gasteiger partial charge >= 0.3 is 6.18 Å². The molecule has 1 unspecified atom stereocenters. The second kappa shape index (κ2) is 6.90. The molecule has 0 radical (unpaired) electrons. The molecule has 0 aliphatic carbocycles. The maximum absolute atomic E-state index is 11.9. The minimum Gasteiger partial charge on any atom is -0.371 e. The summed E-state index contributed by atoms with van der Waals surface area (Å²) in [5, 5.41) is 3.45. The molecule has 1 heterocycles. The Kier molecular flexibility index (Phi) is 6.08. The molecule has 114 valence electrons. The van der Waals surface area contributed by atoms with Crippen molar-refractivity contribution in [3.05, 3.63) is 0 Å². The van der Waals surface area contributed by atoms with Crippen LogP contribution in [0, 0.1) is 0 Å². The number of ether oxygens (including phenoxy) is 1. The number of hydrogen-bond donors (Lipinski definition) is 1. The third-order valence-corrected chi connectivity index (χ3v) is 3.16. The summed E-state index contributed by atoms with van der Waals surface area (Å²) < 4.78 is 40.5. The molecule has 0 aromatic rings. The zero-order valence-corrected chi connectivity index (χ0v) is 12.0. The predicted octanol–water partition coefficient (Wildman–Crippen LogP) is 2.42. The molecule has 1 saturated heterocycles. The normalized spacial score (nSPS) is 22.1. The standard InChI is InChI=1S/C13H25F3N2O/c1-12(2,3)17-9-11-5-4-6-18(11)7-8-19-10-13(14,15)16/h11,17H,4-10H2,1-3H3. The van der Waals surface area contributed by atoms with E-state index in [1.807, 2.05) is 0 Å². The van der Waals surface area contributed by atoms with Crippen molar-refractivity contribution in [2.75, 3.05) is 32.8 Å². The number of hydrogen-bond acceptors (Lipinski definition) is 3. The van der Waals surface area contributed by atoms with Crippen molar-refractivity contribution in [1.29, 1.82) is 0 Å². The Hall–Kier alpha value is -0.330. The van der Waals surface area contributed by atoms with Crippen molar-refractivity contribution >= 4 is 0 Å². The minimum absolute atomic E-state index is 0.0705. The van der Waals surface area contributed by atoms with Crippen LogP contribution in [0.3, 0.4) is 0 Å². The lowest BCUT2D eigenvalue weighted by Crippen LogP contribution is -2.46. The highest BCUT2D eigenvalue weighted by molar-refractivity contribution is 4.83. The Morgan fingerprint density at radius 1 is 1.26 bits per heavy atom. The first-order valence-electron chi connectivity index (χ1n) is 6.81. The Balaban J connectivity index is 2.21. The van der Waals surface area contributed by atoms with Crippen LogP contribution in [-0.4, -0.2) is 55.5 Å². The maximum Gasteiger partial charge on any atom is 0.411 e. The topological polar surface area (TPSA) is 24.5 Å². The van der Waals surface area contributed by atoms with Gasteiger partial charge in [-0.05, 0) is 40.2 Å². The lowest BCUT2D eigenvalue weighted by Gasteiger charge is -2.29. The van der Waals surface area contributed by atoms with Crippen LogP contribution in [0.4, 0.5) is 13.2 Å². The highest BCUT2D eigenvalue weighted by atomic mass is 19.4. The van der Waals surface area contributed by atoms with Crippen LogP contribution >= 0.6 is 0 Å². The molecule has 0 spiro atoms. The van der Waals surface area contributed by atoms with E-state index in [-0.39, 0.29) is 12.1 Å². The second-order valence-corrected chi connectivity index (χ2v) is 6.13. The second-order valence-electron chi connectivity index (χ2n) is 6.13. The van der Waals surface area contributed by atoms with Crippen LogP contribution in [0.5, 0.6) is 0 Å². The average molecular weight is 282 g/mol. The molecule has 1 fully saturated rings. The number of alkyl halides is 3. The molecule has 1 aliphatic heterocycles. The van der Waals surface area contributed by atoms with Gasteiger partial charge in [0.2, 0.25) is 0 Å². The Morgan fingerprint density at radius 3 is 2.53 bits per heavy atom. The fourth-order valence-electron chi connectivity index (χ4n) is 2.21. The van der Waals surface area contributed by atoms with Gasteiger partial charge in [0, 0.05) is 24.7 Å². The first kappa shape index (κ1) is 16.7. The predicted molar refractivity (Wildman–Crippen MR) is 69.2 cm³/mol. The van der Waals surface area contributed by atoms with E-state index in [1.54, 1.807) is 0 Å². The maximum atomic E-state index is 11.9. The largest absolute Gasteiger partial charge is 0.411 e. The van der Waals surface area contributed by atoms with Crippen LogP contribution < -0.4 is 5.32 Å². The first-order valence-corrected chi connectivity index (χ1v) is 6.81. The molecule has 1 N–H and O–H groups in total. The number of halogens is 3. The van der Waals surface area contributed by atoms with Crippen molar-refractivity contribution in [3.63, 3.8) is 0 Å². The summed E-state index contributed by atoms with van der Waals surface area (Å²) in [5.41, 5.74) is 0.0705. The van der Waals surface area contributed by atoms with Gasteiger partial charge in [0.25, 0.3) is 0 Å². The average Bonchev–Trinajstić information content (AvgIpc) is 2.66. The summed E-state index contributed by atoms with van der Waals surface area (Å²) in [4.78, 5) is 2.22. The summed E-state index contributed by atoms with van der Waals surface area (Å²) in [5.74, 6) is 0. The molecular formula is C13H25F3N2O. The molecule has 1 atom stereocenters. The van der Waals surface area contributed by atoms with Gasteiger partial charge in [-0.25, -0.2) is 0 Å². The monoisotopic (exact) mass is 282 g/mol. The van der Waals surface area contributed by atoms with Gasteiger partial charge in [0.15, 0.2) is 0 Å². The van der Waals surface area contributed by atoms with E-state index < -0.39 is 12.8 Å². The summed E-state index contributed by atoms with van der Waals surface area (Å²) in [6.45, 7) is 7.73. The Labute approximate surface area is 113 Å². The first-order chi connectivity index (χ1) is 8.67. The van der Waals surface area contributed by atoms with Gasteiger partial charge in [-0.15, -0.1) is 0 Å². The lowest BCUT2D eigenvalue weighted by molar-refractivity contribution is -0.174. The van der Waals surface area contributed by atoms with Crippen LogP contribution in [0.25, 0.3) is 0 Å². The Morgan fingerprint density at radius 2 is 1.95 bits per heavy atom. The molecule has 19 heavy (non-hydrogen) atoms. The van der Waals surface area contributed by atoms with Gasteiger partial charge in [-0.3, -0.25) is 4.90 Å². The fourth-order valence-corrected chi connectivity index (χ4v) is 2.21. The van der Waals surface area contributed by atoms with Crippen LogP contribution in [0.2, 0.25) is 0 Å². The summed E-state index contributed by atoms with van der Waals surface area (Å²) >= 11 is 0. The van der Waals surface area contributed by atoms with Gasteiger partial charge in [-0.1, -0.05) is 0 Å². The molecule has 0 bridgehead atoms.